The first kappa shape index (κ1) is 37.7. The first-order valence-corrected chi connectivity index (χ1v) is 25.2. The van der Waals surface area contributed by atoms with Gasteiger partial charge in [-0.3, -0.25) is 0 Å². The third-order valence-electron chi connectivity index (χ3n) is 17.1. The molecule has 3 nitrogen and oxygen atoms in total. The molecule has 1 spiro atoms. The zero-order chi connectivity index (χ0) is 45.0. The summed E-state index contributed by atoms with van der Waals surface area (Å²) in [4.78, 5) is 5.41. The lowest BCUT2D eigenvalue weighted by Crippen LogP contribution is -2.62. The summed E-state index contributed by atoms with van der Waals surface area (Å²) in [6, 6.07) is 67.4. The van der Waals surface area contributed by atoms with Crippen LogP contribution in [0.2, 0.25) is 0 Å². The van der Waals surface area contributed by atoms with Crippen molar-refractivity contribution in [2.75, 3.05) is 9.71 Å². The lowest BCUT2D eigenvalue weighted by molar-refractivity contribution is 0.332. The van der Waals surface area contributed by atoms with Crippen LogP contribution in [-0.2, 0) is 16.2 Å². The van der Waals surface area contributed by atoms with E-state index in [0.717, 1.165) is 28.4 Å². The number of furan rings is 1. The fourth-order valence-corrected chi connectivity index (χ4v) is 15.3. The number of rotatable bonds is 1. The van der Waals surface area contributed by atoms with Gasteiger partial charge in [0.2, 0.25) is 0 Å². The number of thiophene rings is 1. The number of benzene rings is 9. The highest BCUT2D eigenvalue weighted by Crippen LogP contribution is 2.65. The van der Waals surface area contributed by atoms with E-state index in [1.807, 2.05) is 11.3 Å². The fourth-order valence-electron chi connectivity index (χ4n) is 14.0. The molecule has 5 heterocycles. The average Bonchev–Trinajstić information content (AvgIpc) is 4.03. The van der Waals surface area contributed by atoms with Crippen LogP contribution in [0.1, 0.15) is 73.9 Å². The molecule has 0 bridgehead atoms. The van der Waals surface area contributed by atoms with Crippen molar-refractivity contribution in [3.63, 3.8) is 0 Å². The van der Waals surface area contributed by atoms with E-state index in [4.69, 9.17) is 4.42 Å². The number of hydrogen-bond acceptors (Lipinski definition) is 4. The van der Waals surface area contributed by atoms with Gasteiger partial charge in [0.1, 0.15) is 11.2 Å². The molecule has 0 N–H and O–H groups in total. The third-order valence-corrected chi connectivity index (χ3v) is 18.3. The van der Waals surface area contributed by atoms with Crippen molar-refractivity contribution in [1.82, 2.24) is 0 Å². The van der Waals surface area contributed by atoms with Crippen molar-refractivity contribution in [1.29, 1.82) is 0 Å². The van der Waals surface area contributed by atoms with Crippen molar-refractivity contribution in [2.45, 2.75) is 56.8 Å². The second-order valence-corrected chi connectivity index (χ2v) is 22.4. The molecule has 2 aliphatic carbocycles. The summed E-state index contributed by atoms with van der Waals surface area (Å²) in [5.74, 6) is 0. The van der Waals surface area contributed by atoms with E-state index in [1.54, 1.807) is 0 Å². The van der Waals surface area contributed by atoms with E-state index in [-0.39, 0.29) is 17.7 Å². The molecule has 5 heteroatoms. The van der Waals surface area contributed by atoms with Gasteiger partial charge in [0.05, 0.1) is 11.1 Å². The van der Waals surface area contributed by atoms with Crippen molar-refractivity contribution >= 4 is 99.7 Å². The normalized spacial score (nSPS) is 17.0. The molecule has 0 radical (unpaired) electrons. The lowest BCUT2D eigenvalue weighted by Gasteiger charge is -2.51. The highest BCUT2D eigenvalue weighted by Gasteiger charge is 2.56. The summed E-state index contributed by atoms with van der Waals surface area (Å²) >= 11 is 1.92. The van der Waals surface area contributed by atoms with Gasteiger partial charge in [0.25, 0.3) is 0 Å². The van der Waals surface area contributed by atoms with Crippen molar-refractivity contribution in [2.24, 2.45) is 0 Å². The van der Waals surface area contributed by atoms with E-state index in [2.05, 4.69) is 213 Å². The maximum atomic E-state index is 7.25. The molecule has 2 aromatic heterocycles. The molecule has 9 aromatic carbocycles. The second-order valence-electron chi connectivity index (χ2n) is 21.3. The maximum absolute atomic E-state index is 7.25. The Hall–Kier alpha value is -7.34. The number of fused-ring (bicyclic) bond motifs is 22. The summed E-state index contributed by atoms with van der Waals surface area (Å²) in [5.41, 5.74) is 23.7. The summed E-state index contributed by atoms with van der Waals surface area (Å²) in [6.45, 7) is 9.63. The first-order valence-electron chi connectivity index (χ1n) is 24.3. The van der Waals surface area contributed by atoms with Crippen LogP contribution in [0.15, 0.2) is 180 Å². The van der Waals surface area contributed by atoms with Gasteiger partial charge in [-0.15, -0.1) is 11.3 Å². The monoisotopic (exact) mass is 888 g/mol. The van der Waals surface area contributed by atoms with Crippen molar-refractivity contribution < 1.29 is 4.42 Å². The molecule has 5 aliphatic rings. The molecule has 0 amide bonds. The molecule has 0 saturated heterocycles. The van der Waals surface area contributed by atoms with Crippen molar-refractivity contribution in [3.05, 3.63) is 209 Å². The van der Waals surface area contributed by atoms with E-state index in [1.165, 1.54) is 122 Å². The number of hydrogen-bond donors (Lipinski definition) is 0. The number of nitrogens with zero attached hydrogens (tertiary/aromatic N) is 2. The van der Waals surface area contributed by atoms with Gasteiger partial charge in [-0.05, 0) is 122 Å². The molecule has 0 atom stereocenters. The molecular weight excluding hydrogens is 844 g/mol. The number of para-hydroxylation sites is 3. The molecule has 11 aromatic rings. The van der Waals surface area contributed by atoms with Gasteiger partial charge in [-0.25, -0.2) is 0 Å². The van der Waals surface area contributed by atoms with Crippen molar-refractivity contribution in [3.8, 4) is 22.3 Å². The Morgan fingerprint density at radius 3 is 1.99 bits per heavy atom. The minimum atomic E-state index is -0.527. The minimum absolute atomic E-state index is 0.0348. The Morgan fingerprint density at radius 1 is 0.500 bits per heavy atom. The van der Waals surface area contributed by atoms with E-state index >= 15 is 0 Å². The lowest BCUT2D eigenvalue weighted by atomic mass is 9.42. The molecule has 16 rings (SSSR count). The fraction of sp³-hybridized carbons (Fsp3) is 0.143. The maximum Gasteiger partial charge on any atom is 0.333 e. The van der Waals surface area contributed by atoms with Crippen LogP contribution >= 0.6 is 11.3 Å². The van der Waals surface area contributed by atoms with Gasteiger partial charge in [0.15, 0.2) is 0 Å². The predicted molar refractivity (Wildman–Crippen MR) is 286 cm³/mol. The van der Waals surface area contributed by atoms with E-state index in [9.17, 15) is 0 Å². The predicted octanol–water partition coefficient (Wildman–Crippen LogP) is 15.7. The van der Waals surface area contributed by atoms with Crippen LogP contribution in [0.5, 0.6) is 0 Å². The van der Waals surface area contributed by atoms with Crippen LogP contribution in [0.4, 0.5) is 28.4 Å². The van der Waals surface area contributed by atoms with Gasteiger partial charge in [-0.2, -0.15) is 0 Å². The summed E-state index contributed by atoms with van der Waals surface area (Å²) in [7, 11) is 0. The molecule has 68 heavy (non-hydrogen) atoms. The quantitative estimate of drug-likeness (QED) is 0.153. The van der Waals surface area contributed by atoms with Crippen LogP contribution in [0.3, 0.4) is 0 Å². The molecule has 322 valence electrons. The van der Waals surface area contributed by atoms with Gasteiger partial charge >= 0.3 is 6.85 Å². The Bertz CT molecular complexity index is 4050. The molecule has 0 fully saturated rings. The van der Waals surface area contributed by atoms with Crippen LogP contribution in [0, 0.1) is 0 Å². The van der Waals surface area contributed by atoms with E-state index in [0.29, 0.717) is 0 Å². The highest BCUT2D eigenvalue weighted by atomic mass is 32.1. The Kier molecular flexibility index (Phi) is 6.99. The summed E-state index contributed by atoms with van der Waals surface area (Å²) in [5, 5.41) is 4.89. The van der Waals surface area contributed by atoms with Gasteiger partial charge < -0.3 is 14.1 Å². The molecule has 0 saturated carbocycles. The second kappa shape index (κ2) is 12.6. The largest absolute Gasteiger partial charge is 0.455 e. The summed E-state index contributed by atoms with van der Waals surface area (Å²) < 4.78 is 9.86. The van der Waals surface area contributed by atoms with Crippen LogP contribution in [0.25, 0.3) is 64.4 Å². The Balaban J connectivity index is 1.10. The highest BCUT2D eigenvalue weighted by molar-refractivity contribution is 7.26. The van der Waals surface area contributed by atoms with Crippen LogP contribution < -0.4 is 20.6 Å². The topological polar surface area (TPSA) is 19.6 Å². The average molecular weight is 889 g/mol. The number of anilines is 5. The first-order chi connectivity index (χ1) is 33.2. The Labute approximate surface area is 400 Å². The zero-order valence-corrected chi connectivity index (χ0v) is 39.3. The molecular formula is C63H45BN2OS. The minimum Gasteiger partial charge on any atom is -0.455 e. The van der Waals surface area contributed by atoms with Gasteiger partial charge in [-0.1, -0.05) is 161 Å². The summed E-state index contributed by atoms with van der Waals surface area (Å²) in [6.07, 6.45) is 2.33. The SMILES string of the molecule is CC1(C)CCC(C)(C)c2cc(N3B4c5cccc6c5N(c5ccccc5C65c6ccccc6-c6ccccc65)c5cc6c(oc7ccccc76)c(c54)-c4c3ccc3c4sc4ccccc43)ccc21. The molecule has 0 unspecified atom stereocenters. The third kappa shape index (κ3) is 4.40. The van der Waals surface area contributed by atoms with E-state index < -0.39 is 5.41 Å². The smallest absolute Gasteiger partial charge is 0.333 e. The van der Waals surface area contributed by atoms with Crippen LogP contribution in [-0.4, -0.2) is 6.85 Å². The Morgan fingerprint density at radius 2 is 1.18 bits per heavy atom. The standard InChI is InChI=1S/C63H45BN2OS/c1-61(2)32-33-62(3,4)48-34-36(28-30-45(48)61)66-51-31-29-41-40-19-8-14-27-54(40)68-60(41)55(51)56-57-52(35-42-39-18-7-13-26-53(39)67-59(42)56)65-50-25-12-11-22-46(50)63(47-23-15-24-49(58(47)65)64(57)66)43-20-9-5-16-37(43)38-17-6-10-21-44(38)63/h5-31,34-35H,32-33H2,1-4H3. The van der Waals surface area contributed by atoms with Gasteiger partial charge in [0, 0.05) is 64.8 Å². The zero-order valence-electron chi connectivity index (χ0n) is 38.4. The molecule has 3 aliphatic heterocycles.